The predicted octanol–water partition coefficient (Wildman–Crippen LogP) is 2.37. The summed E-state index contributed by atoms with van der Waals surface area (Å²) in [7, 11) is 0. The van der Waals surface area contributed by atoms with E-state index in [4.69, 9.17) is 4.74 Å². The van der Waals surface area contributed by atoms with Gasteiger partial charge in [0.15, 0.2) is 5.17 Å². The molecule has 0 aliphatic carbocycles. The molecule has 0 saturated carbocycles. The Balaban J connectivity index is 1.62. The van der Waals surface area contributed by atoms with Crippen molar-refractivity contribution in [1.29, 1.82) is 0 Å². The number of hydrogen-bond acceptors (Lipinski definition) is 8. The lowest BCUT2D eigenvalue weighted by Crippen LogP contribution is -2.19. The molecule has 1 heterocycles. The number of thioether (sulfide) groups is 1. The Morgan fingerprint density at radius 3 is 2.70 bits per heavy atom. The largest absolute Gasteiger partial charge is 0.423 e. The van der Waals surface area contributed by atoms with E-state index in [1.54, 1.807) is 24.3 Å². The molecule has 1 fully saturated rings. The minimum absolute atomic E-state index is 0.0850. The molecule has 9 nitrogen and oxygen atoms in total. The van der Waals surface area contributed by atoms with Crippen molar-refractivity contribution >= 4 is 40.7 Å². The molecule has 1 N–H and O–H groups in total. The van der Waals surface area contributed by atoms with Crippen LogP contribution in [0.1, 0.15) is 15.9 Å². The first kappa shape index (κ1) is 18.3. The van der Waals surface area contributed by atoms with Crippen molar-refractivity contribution in [2.75, 3.05) is 5.75 Å². The van der Waals surface area contributed by atoms with Gasteiger partial charge in [-0.05, 0) is 35.9 Å². The van der Waals surface area contributed by atoms with Gasteiger partial charge in [-0.15, -0.1) is 5.10 Å². The second kappa shape index (κ2) is 8.23. The fourth-order valence-corrected chi connectivity index (χ4v) is 2.69. The molecule has 1 amide bonds. The number of nitrogens with one attached hydrogen (secondary N) is 1. The average Bonchev–Trinajstić information content (AvgIpc) is 3.08. The highest BCUT2D eigenvalue weighted by Gasteiger charge is 2.16. The van der Waals surface area contributed by atoms with E-state index in [1.807, 2.05) is 0 Å². The monoisotopic (exact) mass is 384 g/mol. The van der Waals surface area contributed by atoms with Crippen molar-refractivity contribution in [3.63, 3.8) is 0 Å². The van der Waals surface area contributed by atoms with E-state index in [9.17, 15) is 19.7 Å². The van der Waals surface area contributed by atoms with Gasteiger partial charge in [0.1, 0.15) is 5.75 Å². The molecule has 0 radical (unpaired) electrons. The van der Waals surface area contributed by atoms with Crippen LogP contribution in [0.5, 0.6) is 5.75 Å². The number of non-ortho nitro benzene ring substituents is 1. The molecule has 2 aromatic rings. The third-order valence-corrected chi connectivity index (χ3v) is 4.19. The van der Waals surface area contributed by atoms with Gasteiger partial charge in [-0.1, -0.05) is 17.8 Å². The normalized spacial score (nSPS) is 15.1. The number of rotatable bonds is 5. The number of hydrogen-bond donors (Lipinski definition) is 1. The van der Waals surface area contributed by atoms with Crippen molar-refractivity contribution < 1.29 is 19.2 Å². The molecule has 10 heteroatoms. The highest BCUT2D eigenvalue weighted by Crippen LogP contribution is 2.17. The van der Waals surface area contributed by atoms with Crippen LogP contribution in [0, 0.1) is 10.1 Å². The zero-order valence-electron chi connectivity index (χ0n) is 13.7. The van der Waals surface area contributed by atoms with E-state index in [0.717, 1.165) is 6.07 Å². The van der Waals surface area contributed by atoms with Gasteiger partial charge in [0, 0.05) is 12.1 Å². The number of carbonyl (C=O) groups is 2. The molecule has 0 bridgehead atoms. The molecule has 1 aliphatic rings. The summed E-state index contributed by atoms with van der Waals surface area (Å²) < 4.78 is 5.20. The van der Waals surface area contributed by atoms with Gasteiger partial charge in [-0.25, -0.2) is 4.79 Å². The minimum Gasteiger partial charge on any atom is -0.423 e. The van der Waals surface area contributed by atoms with E-state index in [1.165, 1.54) is 36.2 Å². The van der Waals surface area contributed by atoms with Crippen molar-refractivity contribution in [2.24, 2.45) is 10.2 Å². The first-order valence-electron chi connectivity index (χ1n) is 7.61. The third kappa shape index (κ3) is 4.98. The second-order valence-electron chi connectivity index (χ2n) is 5.25. The van der Waals surface area contributed by atoms with Crippen LogP contribution < -0.4 is 10.1 Å². The highest BCUT2D eigenvalue weighted by atomic mass is 32.2. The van der Waals surface area contributed by atoms with E-state index in [0.29, 0.717) is 16.5 Å². The SMILES string of the molecule is O=C1CS/C(=N/N=C\c2ccc(OC(=O)c3cccc([N+](=O)[O-])c3)cc2)N1. The van der Waals surface area contributed by atoms with Crippen molar-refractivity contribution in [3.8, 4) is 5.75 Å². The molecule has 2 aromatic carbocycles. The zero-order valence-corrected chi connectivity index (χ0v) is 14.5. The van der Waals surface area contributed by atoms with Gasteiger partial charge < -0.3 is 10.1 Å². The summed E-state index contributed by atoms with van der Waals surface area (Å²) in [4.78, 5) is 33.3. The summed E-state index contributed by atoms with van der Waals surface area (Å²) in [6, 6.07) is 11.8. The van der Waals surface area contributed by atoms with Crippen LogP contribution in [-0.4, -0.2) is 33.9 Å². The van der Waals surface area contributed by atoms with Crippen molar-refractivity contribution in [2.45, 2.75) is 0 Å². The predicted molar refractivity (Wildman–Crippen MR) is 100 cm³/mol. The summed E-state index contributed by atoms with van der Waals surface area (Å²) in [5.41, 5.74) is 0.611. The number of nitro benzene ring substituents is 1. The van der Waals surface area contributed by atoms with E-state index in [-0.39, 0.29) is 22.9 Å². The first-order chi connectivity index (χ1) is 13.0. The van der Waals surface area contributed by atoms with Gasteiger partial charge >= 0.3 is 5.97 Å². The lowest BCUT2D eigenvalue weighted by Gasteiger charge is -2.04. The van der Waals surface area contributed by atoms with Gasteiger partial charge in [-0.3, -0.25) is 14.9 Å². The molecule has 0 unspecified atom stereocenters. The Bertz CT molecular complexity index is 956. The Labute approximate surface area is 157 Å². The summed E-state index contributed by atoms with van der Waals surface area (Å²) in [5, 5.41) is 21.5. The van der Waals surface area contributed by atoms with Crippen LogP contribution in [-0.2, 0) is 4.79 Å². The summed E-state index contributed by atoms with van der Waals surface area (Å²) in [5.74, 6) is -0.183. The number of amides is 1. The lowest BCUT2D eigenvalue weighted by atomic mass is 10.2. The van der Waals surface area contributed by atoms with Crippen LogP contribution in [0.15, 0.2) is 58.7 Å². The van der Waals surface area contributed by atoms with Crippen molar-refractivity contribution in [3.05, 3.63) is 69.8 Å². The van der Waals surface area contributed by atoms with Crippen LogP contribution >= 0.6 is 11.8 Å². The summed E-state index contributed by atoms with van der Waals surface area (Å²) in [6.07, 6.45) is 1.49. The molecular formula is C17H12N4O5S. The van der Waals surface area contributed by atoms with Gasteiger partial charge in [0.25, 0.3) is 5.69 Å². The highest BCUT2D eigenvalue weighted by molar-refractivity contribution is 8.15. The first-order valence-corrected chi connectivity index (χ1v) is 8.60. The zero-order chi connectivity index (χ0) is 19.2. The lowest BCUT2D eigenvalue weighted by molar-refractivity contribution is -0.384. The minimum atomic E-state index is -0.694. The van der Waals surface area contributed by atoms with E-state index in [2.05, 4.69) is 15.5 Å². The number of benzene rings is 2. The molecule has 0 spiro atoms. The Kier molecular flexibility index (Phi) is 5.57. The standard InChI is InChI=1S/C17H12N4O5S/c22-15-10-27-17(19-15)20-18-9-11-4-6-14(7-5-11)26-16(23)12-2-1-3-13(8-12)21(24)25/h1-9H,10H2,(H,19,20,22)/b18-9-. The Morgan fingerprint density at radius 2 is 2.04 bits per heavy atom. The number of amidine groups is 1. The van der Waals surface area contributed by atoms with Gasteiger partial charge in [-0.2, -0.15) is 5.10 Å². The molecular weight excluding hydrogens is 372 g/mol. The van der Waals surface area contributed by atoms with Crippen LogP contribution in [0.25, 0.3) is 0 Å². The van der Waals surface area contributed by atoms with Gasteiger partial charge in [0.2, 0.25) is 5.91 Å². The number of nitrogens with zero attached hydrogens (tertiary/aromatic N) is 3. The molecule has 27 heavy (non-hydrogen) atoms. The van der Waals surface area contributed by atoms with Crippen LogP contribution in [0.2, 0.25) is 0 Å². The number of carbonyl (C=O) groups excluding carboxylic acids is 2. The smallest absolute Gasteiger partial charge is 0.343 e. The number of esters is 1. The van der Waals surface area contributed by atoms with Crippen molar-refractivity contribution in [1.82, 2.24) is 5.32 Å². The fraction of sp³-hybridized carbons (Fsp3) is 0.0588. The number of nitro groups is 1. The second-order valence-corrected chi connectivity index (χ2v) is 6.22. The van der Waals surface area contributed by atoms with Gasteiger partial charge in [0.05, 0.1) is 22.5 Å². The maximum atomic E-state index is 12.1. The molecule has 1 saturated heterocycles. The molecule has 136 valence electrons. The quantitative estimate of drug-likeness (QED) is 0.277. The molecule has 0 aromatic heterocycles. The summed E-state index contributed by atoms with van der Waals surface area (Å²) >= 11 is 1.27. The Hall–Kier alpha value is -3.53. The van der Waals surface area contributed by atoms with E-state index < -0.39 is 10.9 Å². The average molecular weight is 384 g/mol. The van der Waals surface area contributed by atoms with E-state index >= 15 is 0 Å². The van der Waals surface area contributed by atoms with Crippen LogP contribution in [0.3, 0.4) is 0 Å². The summed E-state index contributed by atoms with van der Waals surface area (Å²) in [6.45, 7) is 0. The molecule has 3 rings (SSSR count). The maximum absolute atomic E-state index is 12.1. The topological polar surface area (TPSA) is 123 Å². The molecule has 1 aliphatic heterocycles. The fourth-order valence-electron chi connectivity index (χ4n) is 2.06. The number of ether oxygens (including phenoxy) is 1. The maximum Gasteiger partial charge on any atom is 0.343 e. The third-order valence-electron chi connectivity index (χ3n) is 3.33. The Morgan fingerprint density at radius 1 is 1.26 bits per heavy atom. The van der Waals surface area contributed by atoms with Crippen LogP contribution in [0.4, 0.5) is 5.69 Å². The molecule has 0 atom stereocenters.